The summed E-state index contributed by atoms with van der Waals surface area (Å²) in [5.74, 6) is 0.0853. The number of hydrogen-bond acceptors (Lipinski definition) is 1. The third kappa shape index (κ3) is 4.46. The monoisotopic (exact) mass is 396 g/mol. The summed E-state index contributed by atoms with van der Waals surface area (Å²) < 4.78 is 2.30. The number of para-hydroxylation sites is 1. The van der Waals surface area contributed by atoms with E-state index >= 15 is 0 Å². The molecule has 0 fully saturated rings. The predicted octanol–water partition coefficient (Wildman–Crippen LogP) is 5.81. The second kappa shape index (κ2) is 9.00. The lowest BCUT2D eigenvalue weighted by molar-refractivity contribution is -0.121. The molecule has 4 rings (SSSR count). The van der Waals surface area contributed by atoms with Gasteiger partial charge in [-0.2, -0.15) is 0 Å². The van der Waals surface area contributed by atoms with Crippen LogP contribution in [0.4, 0.5) is 0 Å². The molecule has 3 nitrogen and oxygen atoms in total. The van der Waals surface area contributed by atoms with E-state index in [0.717, 1.165) is 18.5 Å². The molecule has 0 unspecified atom stereocenters. The van der Waals surface area contributed by atoms with E-state index in [1.54, 1.807) is 0 Å². The number of amides is 1. The van der Waals surface area contributed by atoms with Gasteiger partial charge in [0.15, 0.2) is 0 Å². The van der Waals surface area contributed by atoms with Gasteiger partial charge in [-0.15, -0.1) is 0 Å². The minimum Gasteiger partial charge on any atom is -0.350 e. The summed E-state index contributed by atoms with van der Waals surface area (Å²) in [6.45, 7) is 5.02. The highest BCUT2D eigenvalue weighted by Gasteiger charge is 2.13. The summed E-state index contributed by atoms with van der Waals surface area (Å²) in [4.78, 5) is 12.6. The Kier molecular flexibility index (Phi) is 5.99. The van der Waals surface area contributed by atoms with Crippen LogP contribution in [0.5, 0.6) is 0 Å². The largest absolute Gasteiger partial charge is 0.350 e. The van der Waals surface area contributed by atoms with Gasteiger partial charge in [-0.1, -0.05) is 72.8 Å². The molecule has 0 radical (unpaired) electrons. The molecular formula is C27H28N2O. The molecule has 0 spiro atoms. The summed E-state index contributed by atoms with van der Waals surface area (Å²) in [6.07, 6.45) is 3.43. The van der Waals surface area contributed by atoms with Crippen molar-refractivity contribution in [2.24, 2.45) is 0 Å². The summed E-state index contributed by atoms with van der Waals surface area (Å²) >= 11 is 0. The van der Waals surface area contributed by atoms with Crippen molar-refractivity contribution in [2.75, 3.05) is 0 Å². The fraction of sp³-hybridized carbons (Fsp3) is 0.222. The Bertz CT molecular complexity index is 1140. The van der Waals surface area contributed by atoms with Gasteiger partial charge in [0.2, 0.25) is 5.91 Å². The second-order valence-electron chi connectivity index (χ2n) is 7.93. The van der Waals surface area contributed by atoms with Crippen LogP contribution in [0, 0.1) is 6.92 Å². The van der Waals surface area contributed by atoms with Crippen molar-refractivity contribution in [3.05, 3.63) is 107 Å². The quantitative estimate of drug-likeness (QED) is 0.420. The molecule has 1 heterocycles. The van der Waals surface area contributed by atoms with Crippen LogP contribution in [-0.2, 0) is 17.8 Å². The van der Waals surface area contributed by atoms with Gasteiger partial charge in [0.25, 0.3) is 0 Å². The first-order valence-electron chi connectivity index (χ1n) is 10.6. The maximum absolute atomic E-state index is 12.6. The fourth-order valence-electron chi connectivity index (χ4n) is 4.01. The summed E-state index contributed by atoms with van der Waals surface area (Å²) in [5.41, 5.74) is 6.18. The predicted molar refractivity (Wildman–Crippen MR) is 124 cm³/mol. The van der Waals surface area contributed by atoms with Gasteiger partial charge in [-0.25, -0.2) is 0 Å². The highest BCUT2D eigenvalue weighted by atomic mass is 16.1. The molecule has 1 N–H and O–H groups in total. The van der Waals surface area contributed by atoms with E-state index in [9.17, 15) is 4.79 Å². The van der Waals surface area contributed by atoms with E-state index in [0.29, 0.717) is 6.42 Å². The Labute approximate surface area is 178 Å². The Morgan fingerprint density at radius 1 is 0.900 bits per heavy atom. The first kappa shape index (κ1) is 20.0. The molecule has 0 bridgehead atoms. The normalized spacial score (nSPS) is 12.1. The molecule has 0 saturated carbocycles. The molecule has 0 aliphatic heterocycles. The van der Waals surface area contributed by atoms with Crippen LogP contribution in [-0.4, -0.2) is 10.5 Å². The number of benzene rings is 3. The number of carbonyl (C=O) groups is 1. The number of rotatable bonds is 7. The highest BCUT2D eigenvalue weighted by molar-refractivity contribution is 5.85. The van der Waals surface area contributed by atoms with Crippen molar-refractivity contribution < 1.29 is 4.79 Å². The Hall–Kier alpha value is -3.33. The number of hydrogen-bond donors (Lipinski definition) is 1. The number of nitrogens with one attached hydrogen (secondary N) is 1. The second-order valence-corrected chi connectivity index (χ2v) is 7.93. The van der Waals surface area contributed by atoms with Crippen molar-refractivity contribution in [1.29, 1.82) is 0 Å². The van der Waals surface area contributed by atoms with Crippen LogP contribution in [0.3, 0.4) is 0 Å². The summed E-state index contributed by atoms with van der Waals surface area (Å²) in [7, 11) is 0. The third-order valence-corrected chi connectivity index (χ3v) is 5.77. The van der Waals surface area contributed by atoms with E-state index < -0.39 is 0 Å². The van der Waals surface area contributed by atoms with Crippen LogP contribution in [0.2, 0.25) is 0 Å². The zero-order valence-corrected chi connectivity index (χ0v) is 17.6. The average Bonchev–Trinajstić information content (AvgIpc) is 3.12. The molecule has 1 aromatic heterocycles. The molecule has 0 aliphatic rings. The van der Waals surface area contributed by atoms with Gasteiger partial charge in [0.1, 0.15) is 0 Å². The lowest BCUT2D eigenvalue weighted by Gasteiger charge is -2.14. The standard InChI is InChI=1S/C27H28N2O/c1-20-10-6-7-13-23(20)18-29-19-24(25-14-8-9-15-26(25)29)16-17-27(30)28-21(2)22-11-4-3-5-12-22/h3-15,19,21H,16-18H2,1-2H3,(H,28,30)/t21-/m0/s1. The molecule has 152 valence electrons. The van der Waals surface area contributed by atoms with Crippen LogP contribution < -0.4 is 5.32 Å². The lowest BCUT2D eigenvalue weighted by Crippen LogP contribution is -2.26. The van der Waals surface area contributed by atoms with E-state index in [2.05, 4.69) is 71.5 Å². The molecule has 3 heteroatoms. The van der Waals surface area contributed by atoms with E-state index in [1.165, 1.54) is 27.6 Å². The van der Waals surface area contributed by atoms with Crippen molar-refractivity contribution in [1.82, 2.24) is 9.88 Å². The first-order valence-corrected chi connectivity index (χ1v) is 10.6. The number of aromatic nitrogens is 1. The van der Waals surface area contributed by atoms with E-state index in [4.69, 9.17) is 0 Å². The Morgan fingerprint density at radius 2 is 1.60 bits per heavy atom. The van der Waals surface area contributed by atoms with Gasteiger partial charge in [-0.05, 0) is 48.6 Å². The van der Waals surface area contributed by atoms with Crippen molar-refractivity contribution in [2.45, 2.75) is 39.3 Å². The van der Waals surface area contributed by atoms with Crippen LogP contribution >= 0.6 is 0 Å². The van der Waals surface area contributed by atoms with Gasteiger partial charge in [0, 0.05) is 30.1 Å². The SMILES string of the molecule is Cc1ccccc1Cn1cc(CCC(=O)N[C@@H](C)c2ccccc2)c2ccccc21. The molecule has 0 aliphatic carbocycles. The maximum atomic E-state index is 12.6. The van der Waals surface area contributed by atoms with Gasteiger partial charge >= 0.3 is 0 Å². The molecule has 4 aromatic rings. The van der Waals surface area contributed by atoms with Crippen LogP contribution in [0.25, 0.3) is 10.9 Å². The smallest absolute Gasteiger partial charge is 0.220 e. The third-order valence-electron chi connectivity index (χ3n) is 5.77. The highest BCUT2D eigenvalue weighted by Crippen LogP contribution is 2.24. The van der Waals surface area contributed by atoms with Gasteiger partial charge in [-0.3, -0.25) is 4.79 Å². The minimum atomic E-state index is 0.0149. The Balaban J connectivity index is 1.48. The number of nitrogens with zero attached hydrogens (tertiary/aromatic N) is 1. The fourth-order valence-corrected chi connectivity index (χ4v) is 4.01. The minimum absolute atomic E-state index is 0.0149. The number of aryl methyl sites for hydroxylation is 2. The summed E-state index contributed by atoms with van der Waals surface area (Å²) in [5, 5.41) is 4.35. The molecule has 3 aromatic carbocycles. The Morgan fingerprint density at radius 3 is 2.40 bits per heavy atom. The van der Waals surface area contributed by atoms with Crippen molar-refractivity contribution in [3.8, 4) is 0 Å². The molecule has 30 heavy (non-hydrogen) atoms. The number of fused-ring (bicyclic) bond motifs is 1. The van der Waals surface area contributed by atoms with Gasteiger partial charge in [0.05, 0.1) is 6.04 Å². The van der Waals surface area contributed by atoms with Gasteiger partial charge < -0.3 is 9.88 Å². The zero-order chi connectivity index (χ0) is 20.9. The van der Waals surface area contributed by atoms with Crippen LogP contribution in [0.15, 0.2) is 85.1 Å². The van der Waals surface area contributed by atoms with Crippen LogP contribution in [0.1, 0.15) is 41.6 Å². The summed E-state index contributed by atoms with van der Waals surface area (Å²) in [6, 6.07) is 27.1. The topological polar surface area (TPSA) is 34.0 Å². The maximum Gasteiger partial charge on any atom is 0.220 e. The molecule has 0 saturated heterocycles. The van der Waals surface area contributed by atoms with Crippen molar-refractivity contribution in [3.63, 3.8) is 0 Å². The number of carbonyl (C=O) groups excluding carboxylic acids is 1. The zero-order valence-electron chi connectivity index (χ0n) is 17.6. The molecule has 1 amide bonds. The molecular weight excluding hydrogens is 368 g/mol. The van der Waals surface area contributed by atoms with E-state index in [-0.39, 0.29) is 11.9 Å². The first-order chi connectivity index (χ1) is 14.6. The van der Waals surface area contributed by atoms with Crippen molar-refractivity contribution >= 4 is 16.8 Å². The van der Waals surface area contributed by atoms with E-state index in [1.807, 2.05) is 37.3 Å². The lowest BCUT2D eigenvalue weighted by atomic mass is 10.1. The average molecular weight is 397 g/mol. The molecule has 1 atom stereocenters.